The minimum absolute atomic E-state index is 0.567. The van der Waals surface area contributed by atoms with E-state index in [0.29, 0.717) is 6.61 Å². The molecule has 0 bridgehead atoms. The maximum Gasteiger partial charge on any atom is 0.143 e. The molecule has 0 amide bonds. The minimum Gasteiger partial charge on any atom is -0.357 e. The summed E-state index contributed by atoms with van der Waals surface area (Å²) in [7, 11) is 8.53. The highest BCUT2D eigenvalue weighted by atomic mass is 16.5. The van der Waals surface area contributed by atoms with Gasteiger partial charge in [-0.25, -0.2) is 0 Å². The first-order valence-electron chi connectivity index (χ1n) is 8.78. The summed E-state index contributed by atoms with van der Waals surface area (Å²) in [5.41, 5.74) is 5.35. The molecule has 0 radical (unpaired) electrons. The fraction of sp³-hybridized carbons (Fsp3) is 0.273. The molecule has 0 spiro atoms. The molecule has 0 unspecified atom stereocenters. The molecule has 0 saturated heterocycles. The van der Waals surface area contributed by atoms with Gasteiger partial charge in [0.2, 0.25) is 0 Å². The number of ether oxygens (including phenoxy) is 1. The molecule has 0 fully saturated rings. The first-order valence-corrected chi connectivity index (χ1v) is 8.78. The van der Waals surface area contributed by atoms with Crippen LogP contribution in [0.4, 0.5) is 11.4 Å². The number of benzene rings is 2. The molecule has 3 nitrogen and oxygen atoms in total. The van der Waals surface area contributed by atoms with Gasteiger partial charge >= 0.3 is 0 Å². The fourth-order valence-corrected chi connectivity index (χ4v) is 3.45. The van der Waals surface area contributed by atoms with E-state index in [9.17, 15) is 0 Å². The molecule has 2 aromatic rings. The number of nitrogens with one attached hydrogen (secondary N) is 2. The number of hydrogen-bond donors (Lipinski definition) is 2. The maximum absolute atomic E-state index is 6.34. The van der Waals surface area contributed by atoms with E-state index in [4.69, 9.17) is 4.74 Å². The molecule has 1 heterocycles. The molecule has 25 heavy (non-hydrogen) atoms. The summed E-state index contributed by atoms with van der Waals surface area (Å²) in [5.74, 6) is 0. The number of quaternary nitrogens is 2. The molecule has 2 N–H and O–H groups in total. The zero-order chi connectivity index (χ0) is 18.0. The lowest BCUT2D eigenvalue weighted by molar-refractivity contribution is -0.786. The van der Waals surface area contributed by atoms with E-state index in [2.05, 4.69) is 89.4 Å². The average molecular weight is 336 g/mol. The van der Waals surface area contributed by atoms with Crippen molar-refractivity contribution >= 4 is 11.4 Å². The Bertz CT molecular complexity index is 719. The number of hydrogen-bond acceptors (Lipinski definition) is 1. The first kappa shape index (κ1) is 17.6. The van der Waals surface area contributed by atoms with Crippen LogP contribution in [0.3, 0.4) is 0 Å². The Morgan fingerprint density at radius 2 is 1.28 bits per heavy atom. The lowest BCUT2D eigenvalue weighted by Gasteiger charge is -2.32. The van der Waals surface area contributed by atoms with E-state index in [1.807, 2.05) is 6.08 Å². The van der Waals surface area contributed by atoms with Crippen LogP contribution >= 0.6 is 0 Å². The van der Waals surface area contributed by atoms with Crippen molar-refractivity contribution in [2.45, 2.75) is 5.60 Å². The van der Waals surface area contributed by atoms with Crippen molar-refractivity contribution in [3.8, 4) is 0 Å². The van der Waals surface area contributed by atoms with Crippen LogP contribution in [-0.4, -0.2) is 34.8 Å². The van der Waals surface area contributed by atoms with Crippen LogP contribution in [0.2, 0.25) is 0 Å². The van der Waals surface area contributed by atoms with Gasteiger partial charge in [0.05, 0.1) is 34.8 Å². The highest BCUT2D eigenvalue weighted by molar-refractivity contribution is 5.53. The number of rotatable bonds is 5. The summed E-state index contributed by atoms with van der Waals surface area (Å²) in [4.78, 5) is 2.62. The molecular weight excluding hydrogens is 308 g/mol. The van der Waals surface area contributed by atoms with Crippen molar-refractivity contribution < 1.29 is 14.5 Å². The van der Waals surface area contributed by atoms with E-state index < -0.39 is 5.60 Å². The van der Waals surface area contributed by atoms with Crippen LogP contribution in [0.25, 0.3) is 0 Å². The maximum atomic E-state index is 6.34. The third kappa shape index (κ3) is 3.07. The van der Waals surface area contributed by atoms with Crippen LogP contribution in [0.15, 0.2) is 72.8 Å². The summed E-state index contributed by atoms with van der Waals surface area (Å²) in [5, 5.41) is 0. The second-order valence-electron chi connectivity index (χ2n) is 7.01. The first-order chi connectivity index (χ1) is 12.0. The molecule has 0 aromatic heterocycles. The zero-order valence-electron chi connectivity index (χ0n) is 15.6. The predicted octanol–water partition coefficient (Wildman–Crippen LogP) is 1.62. The summed E-state index contributed by atoms with van der Waals surface area (Å²) < 4.78 is 6.34. The third-order valence-corrected chi connectivity index (χ3v) is 4.97. The summed E-state index contributed by atoms with van der Waals surface area (Å²) in [6.07, 6.45) is 4.05. The van der Waals surface area contributed by atoms with Gasteiger partial charge in [0.1, 0.15) is 17.0 Å². The van der Waals surface area contributed by atoms with Crippen molar-refractivity contribution in [2.24, 2.45) is 0 Å². The Balaban J connectivity index is 2.11. The van der Waals surface area contributed by atoms with E-state index in [1.54, 1.807) is 0 Å². The molecular formula is C22H28N2O+2. The van der Waals surface area contributed by atoms with Crippen molar-refractivity contribution in [1.29, 1.82) is 0 Å². The molecule has 3 heteroatoms. The van der Waals surface area contributed by atoms with E-state index in [0.717, 1.165) is 16.7 Å². The lowest BCUT2D eigenvalue weighted by Crippen LogP contribution is -3.00. The molecule has 3 rings (SSSR count). The van der Waals surface area contributed by atoms with Crippen LogP contribution in [0.1, 0.15) is 11.1 Å². The predicted molar refractivity (Wildman–Crippen MR) is 103 cm³/mol. The van der Waals surface area contributed by atoms with Gasteiger partial charge in [-0.05, 0) is 65.2 Å². The van der Waals surface area contributed by atoms with E-state index in [1.165, 1.54) is 21.2 Å². The van der Waals surface area contributed by atoms with Crippen LogP contribution < -0.4 is 9.80 Å². The van der Waals surface area contributed by atoms with Crippen molar-refractivity contribution in [3.63, 3.8) is 0 Å². The average Bonchev–Trinajstić information content (AvgIpc) is 3.06. The van der Waals surface area contributed by atoms with Gasteiger partial charge in [0.15, 0.2) is 0 Å². The summed E-state index contributed by atoms with van der Waals surface area (Å²) in [6.45, 7) is 4.62. The summed E-state index contributed by atoms with van der Waals surface area (Å²) in [6, 6.07) is 17.4. The molecule has 0 aliphatic carbocycles. The fourth-order valence-electron chi connectivity index (χ4n) is 3.45. The molecule has 1 aliphatic rings. The topological polar surface area (TPSA) is 18.1 Å². The molecule has 0 atom stereocenters. The highest BCUT2D eigenvalue weighted by Gasteiger charge is 2.41. The van der Waals surface area contributed by atoms with Crippen LogP contribution in [-0.2, 0) is 10.3 Å². The van der Waals surface area contributed by atoms with Gasteiger partial charge in [0.25, 0.3) is 0 Å². The van der Waals surface area contributed by atoms with Gasteiger partial charge < -0.3 is 14.5 Å². The van der Waals surface area contributed by atoms with Gasteiger partial charge in [-0.2, -0.15) is 0 Å². The molecule has 2 aromatic carbocycles. The highest BCUT2D eigenvalue weighted by Crippen LogP contribution is 2.44. The second kappa shape index (κ2) is 6.96. The Kier molecular flexibility index (Phi) is 4.91. The van der Waals surface area contributed by atoms with Gasteiger partial charge in [-0.3, -0.25) is 0 Å². The second-order valence-corrected chi connectivity index (χ2v) is 7.01. The largest absolute Gasteiger partial charge is 0.357 e. The monoisotopic (exact) mass is 336 g/mol. The Morgan fingerprint density at radius 3 is 1.64 bits per heavy atom. The Labute approximate surface area is 150 Å². The molecule has 130 valence electrons. The summed E-state index contributed by atoms with van der Waals surface area (Å²) >= 11 is 0. The van der Waals surface area contributed by atoms with Crippen molar-refractivity contribution in [2.75, 3.05) is 34.8 Å². The Morgan fingerprint density at radius 1 is 0.840 bits per heavy atom. The molecule has 0 saturated carbocycles. The van der Waals surface area contributed by atoms with Gasteiger partial charge in [-0.1, -0.05) is 18.7 Å². The standard InChI is InChI=1S/C22H26N2O/c1-6-17-15-16-25-22(17,18-7-11-20(12-8-18)23(2)3)19-9-13-21(14-10-19)24(4)5/h6-15H,1,16H2,2-5H3/p+2. The molecule has 1 aliphatic heterocycles. The quantitative estimate of drug-likeness (QED) is 0.849. The van der Waals surface area contributed by atoms with E-state index in [-0.39, 0.29) is 0 Å². The zero-order valence-corrected chi connectivity index (χ0v) is 15.6. The normalized spacial score (nSPS) is 16.3. The third-order valence-electron chi connectivity index (χ3n) is 4.97. The van der Waals surface area contributed by atoms with E-state index >= 15 is 0 Å². The van der Waals surface area contributed by atoms with Crippen molar-refractivity contribution in [1.82, 2.24) is 0 Å². The van der Waals surface area contributed by atoms with Crippen LogP contribution in [0, 0.1) is 0 Å². The van der Waals surface area contributed by atoms with Crippen LogP contribution in [0.5, 0.6) is 0 Å². The van der Waals surface area contributed by atoms with Crippen molar-refractivity contribution in [3.05, 3.63) is 84.0 Å². The lowest BCUT2D eigenvalue weighted by atomic mass is 9.80. The van der Waals surface area contributed by atoms with Gasteiger partial charge in [0, 0.05) is 0 Å². The van der Waals surface area contributed by atoms with Gasteiger partial charge in [-0.15, -0.1) is 0 Å². The smallest absolute Gasteiger partial charge is 0.143 e. The SMILES string of the molecule is C=CC1=CCOC1(c1ccc([NH+](C)C)cc1)c1ccc([NH+](C)C)cc1. The minimum atomic E-state index is -0.567. The Hall–Kier alpha value is -2.20.